The van der Waals surface area contributed by atoms with Crippen molar-refractivity contribution in [3.63, 3.8) is 0 Å². The van der Waals surface area contributed by atoms with E-state index in [2.05, 4.69) is 25.1 Å². The molecule has 0 saturated heterocycles. The van der Waals surface area contributed by atoms with Crippen LogP contribution in [0.2, 0.25) is 0 Å². The predicted molar refractivity (Wildman–Crippen MR) is 74.3 cm³/mol. The summed E-state index contributed by atoms with van der Waals surface area (Å²) in [6.45, 7) is 3.05. The van der Waals surface area contributed by atoms with Crippen LogP contribution >= 0.6 is 0 Å². The van der Waals surface area contributed by atoms with Gasteiger partial charge in [0.2, 0.25) is 0 Å². The lowest BCUT2D eigenvalue weighted by Gasteiger charge is -2.28. The van der Waals surface area contributed by atoms with Crippen molar-refractivity contribution in [1.82, 2.24) is 0 Å². The van der Waals surface area contributed by atoms with Crippen LogP contribution in [0.4, 0.5) is 0 Å². The second kappa shape index (κ2) is 6.24. The third-order valence-corrected chi connectivity index (χ3v) is 4.14. The topological polar surface area (TPSA) is 18.5 Å². The van der Waals surface area contributed by atoms with E-state index in [4.69, 9.17) is 9.47 Å². The van der Waals surface area contributed by atoms with E-state index in [1.807, 2.05) is 0 Å². The van der Waals surface area contributed by atoms with Crippen molar-refractivity contribution in [1.29, 1.82) is 0 Å². The molecule has 0 aliphatic heterocycles. The number of ether oxygens (including phenoxy) is 2. The molecule has 0 amide bonds. The highest BCUT2D eigenvalue weighted by Crippen LogP contribution is 2.37. The van der Waals surface area contributed by atoms with Crippen LogP contribution < -0.4 is 4.74 Å². The van der Waals surface area contributed by atoms with Gasteiger partial charge in [-0.1, -0.05) is 12.1 Å². The maximum atomic E-state index is 5.32. The highest BCUT2D eigenvalue weighted by atomic mass is 16.5. The molecule has 2 rings (SSSR count). The predicted octanol–water partition coefficient (Wildman–Crippen LogP) is 3.92. The molecular formula is C16H24O2. The zero-order valence-corrected chi connectivity index (χ0v) is 11.7. The molecule has 18 heavy (non-hydrogen) atoms. The number of hydrogen-bond donors (Lipinski definition) is 0. The van der Waals surface area contributed by atoms with Gasteiger partial charge in [-0.05, 0) is 61.6 Å². The van der Waals surface area contributed by atoms with Crippen molar-refractivity contribution < 1.29 is 9.47 Å². The lowest BCUT2D eigenvalue weighted by molar-refractivity contribution is 0.127. The lowest BCUT2D eigenvalue weighted by Crippen LogP contribution is -2.17. The fourth-order valence-corrected chi connectivity index (χ4v) is 3.05. The second-order valence-corrected chi connectivity index (χ2v) is 5.40. The fraction of sp³-hybridized carbons (Fsp3) is 0.625. The van der Waals surface area contributed by atoms with Gasteiger partial charge in [0.1, 0.15) is 5.75 Å². The molecule has 0 bridgehead atoms. The minimum Gasteiger partial charge on any atom is -0.496 e. The zero-order chi connectivity index (χ0) is 13.0. The van der Waals surface area contributed by atoms with Crippen LogP contribution in [0.1, 0.15) is 42.7 Å². The molecule has 1 aromatic rings. The van der Waals surface area contributed by atoms with Crippen molar-refractivity contribution in [2.45, 2.75) is 38.5 Å². The van der Waals surface area contributed by atoms with Crippen molar-refractivity contribution >= 4 is 0 Å². The van der Waals surface area contributed by atoms with Gasteiger partial charge in [0.25, 0.3) is 0 Å². The van der Waals surface area contributed by atoms with Crippen molar-refractivity contribution in [3.05, 3.63) is 29.3 Å². The summed E-state index contributed by atoms with van der Waals surface area (Å²) in [7, 11) is 3.54. The zero-order valence-electron chi connectivity index (χ0n) is 11.7. The smallest absolute Gasteiger partial charge is 0.121 e. The van der Waals surface area contributed by atoms with Gasteiger partial charge in [-0.15, -0.1) is 0 Å². The molecule has 1 saturated carbocycles. The van der Waals surface area contributed by atoms with Crippen LogP contribution in [0.5, 0.6) is 5.75 Å². The molecule has 1 aromatic carbocycles. The van der Waals surface area contributed by atoms with E-state index in [1.165, 1.54) is 36.8 Å². The molecule has 0 spiro atoms. The summed E-state index contributed by atoms with van der Waals surface area (Å²) >= 11 is 0. The first-order chi connectivity index (χ1) is 8.74. The van der Waals surface area contributed by atoms with Gasteiger partial charge >= 0.3 is 0 Å². The molecule has 2 nitrogen and oxygen atoms in total. The van der Waals surface area contributed by atoms with Crippen molar-refractivity contribution in [2.24, 2.45) is 5.92 Å². The summed E-state index contributed by atoms with van der Waals surface area (Å²) in [4.78, 5) is 0. The van der Waals surface area contributed by atoms with Crippen molar-refractivity contribution in [2.75, 3.05) is 20.8 Å². The third-order valence-electron chi connectivity index (χ3n) is 4.14. The number of benzene rings is 1. The highest BCUT2D eigenvalue weighted by Gasteiger charge is 2.22. The average Bonchev–Trinajstić information content (AvgIpc) is 2.40. The quantitative estimate of drug-likeness (QED) is 0.804. The van der Waals surface area contributed by atoms with Gasteiger partial charge in [-0.3, -0.25) is 0 Å². The molecule has 100 valence electrons. The van der Waals surface area contributed by atoms with Gasteiger partial charge in [-0.2, -0.15) is 0 Å². The molecule has 0 N–H and O–H groups in total. The third kappa shape index (κ3) is 3.05. The first-order valence-corrected chi connectivity index (χ1v) is 6.88. The van der Waals surface area contributed by atoms with Gasteiger partial charge in [0.05, 0.1) is 7.11 Å². The van der Waals surface area contributed by atoms with E-state index in [1.54, 1.807) is 14.2 Å². The summed E-state index contributed by atoms with van der Waals surface area (Å²) in [6, 6.07) is 6.62. The largest absolute Gasteiger partial charge is 0.496 e. The minimum atomic E-state index is 0.725. The van der Waals surface area contributed by atoms with Crippen LogP contribution in [0.25, 0.3) is 0 Å². The van der Waals surface area contributed by atoms with Gasteiger partial charge in [-0.25, -0.2) is 0 Å². The van der Waals surface area contributed by atoms with E-state index in [0.29, 0.717) is 0 Å². The van der Waals surface area contributed by atoms with Crippen LogP contribution in [0.3, 0.4) is 0 Å². The summed E-state index contributed by atoms with van der Waals surface area (Å²) < 4.78 is 10.6. The minimum absolute atomic E-state index is 0.725. The summed E-state index contributed by atoms with van der Waals surface area (Å²) in [6.07, 6.45) is 5.17. The Balaban J connectivity index is 1.99. The summed E-state index contributed by atoms with van der Waals surface area (Å²) in [5, 5.41) is 0. The standard InChI is InChI=1S/C16H24O2/c1-12-10-15(8-9-16(12)18-3)14-6-4-13(5-7-14)11-17-2/h8-10,13-14H,4-7,11H2,1-3H3. The van der Waals surface area contributed by atoms with E-state index in [9.17, 15) is 0 Å². The first-order valence-electron chi connectivity index (χ1n) is 6.88. The Hall–Kier alpha value is -1.02. The van der Waals surface area contributed by atoms with Gasteiger partial charge in [0.15, 0.2) is 0 Å². The molecule has 2 heteroatoms. The first kappa shape index (κ1) is 13.4. The maximum absolute atomic E-state index is 5.32. The Morgan fingerprint density at radius 1 is 1.11 bits per heavy atom. The Morgan fingerprint density at radius 2 is 1.83 bits per heavy atom. The maximum Gasteiger partial charge on any atom is 0.121 e. The SMILES string of the molecule is COCC1CCC(c2ccc(OC)c(C)c2)CC1. The van der Waals surface area contributed by atoms with Crippen LogP contribution in [-0.2, 0) is 4.74 Å². The van der Waals surface area contributed by atoms with Gasteiger partial charge < -0.3 is 9.47 Å². The van der Waals surface area contributed by atoms with Crippen LogP contribution in [-0.4, -0.2) is 20.8 Å². The molecule has 0 aromatic heterocycles. The second-order valence-electron chi connectivity index (χ2n) is 5.40. The molecule has 1 fully saturated rings. The van der Waals surface area contributed by atoms with Crippen LogP contribution in [0.15, 0.2) is 18.2 Å². The van der Waals surface area contributed by atoms with Crippen molar-refractivity contribution in [3.8, 4) is 5.75 Å². The molecule has 0 unspecified atom stereocenters. The normalized spacial score (nSPS) is 23.9. The van der Waals surface area contributed by atoms with E-state index in [0.717, 1.165) is 24.2 Å². The average molecular weight is 248 g/mol. The molecule has 0 atom stereocenters. The van der Waals surface area contributed by atoms with E-state index < -0.39 is 0 Å². The van der Waals surface area contributed by atoms with Gasteiger partial charge in [0, 0.05) is 13.7 Å². The summed E-state index contributed by atoms with van der Waals surface area (Å²) in [5.74, 6) is 2.49. The van der Waals surface area contributed by atoms with E-state index >= 15 is 0 Å². The number of methoxy groups -OCH3 is 2. The Morgan fingerprint density at radius 3 is 2.39 bits per heavy atom. The fourth-order valence-electron chi connectivity index (χ4n) is 3.05. The summed E-state index contributed by atoms with van der Waals surface area (Å²) in [5.41, 5.74) is 2.72. The Labute approximate surface area is 110 Å². The lowest BCUT2D eigenvalue weighted by atomic mass is 9.79. The highest BCUT2D eigenvalue weighted by molar-refractivity contribution is 5.37. The Kier molecular flexibility index (Phi) is 4.65. The van der Waals surface area contributed by atoms with E-state index in [-0.39, 0.29) is 0 Å². The monoisotopic (exact) mass is 248 g/mol. The number of rotatable bonds is 4. The Bertz CT molecular complexity index is 379. The molecule has 0 radical (unpaired) electrons. The molecular weight excluding hydrogens is 224 g/mol. The molecule has 1 aliphatic carbocycles. The number of hydrogen-bond acceptors (Lipinski definition) is 2. The molecule has 0 heterocycles. The van der Waals surface area contributed by atoms with Crippen LogP contribution in [0, 0.1) is 12.8 Å². The number of aryl methyl sites for hydroxylation is 1. The molecule has 1 aliphatic rings.